The number of carbonyl (C=O) groups excluding carboxylic acids is 3. The van der Waals surface area contributed by atoms with Gasteiger partial charge in [0.2, 0.25) is 0 Å². The van der Waals surface area contributed by atoms with E-state index in [1.165, 1.54) is 18.6 Å². The number of cyclic esters (lactones) is 1. The molecule has 0 saturated carbocycles. The molecule has 1 aromatic rings. The third kappa shape index (κ3) is 2.09. The van der Waals surface area contributed by atoms with E-state index in [-0.39, 0.29) is 30.2 Å². The first-order chi connectivity index (χ1) is 9.66. The van der Waals surface area contributed by atoms with E-state index in [0.717, 1.165) is 4.90 Å². The molecule has 0 bridgehead atoms. The molecule has 2 saturated heterocycles. The molecule has 0 aromatic carbocycles. The van der Waals surface area contributed by atoms with Gasteiger partial charge in [0.05, 0.1) is 12.2 Å². The number of imide groups is 1. The molecular weight excluding hydrogens is 264 g/mol. The third-order valence-electron chi connectivity index (χ3n) is 3.38. The first-order valence-corrected chi connectivity index (χ1v) is 6.21. The molecule has 8 heteroatoms. The van der Waals surface area contributed by atoms with Gasteiger partial charge in [-0.1, -0.05) is 0 Å². The fraction of sp³-hybridized carbons (Fsp3) is 0.417. The number of hydrogen-bond acceptors (Lipinski definition) is 6. The highest BCUT2D eigenvalue weighted by Crippen LogP contribution is 2.21. The predicted molar refractivity (Wildman–Crippen MR) is 64.5 cm³/mol. The highest BCUT2D eigenvalue weighted by atomic mass is 16.6. The second kappa shape index (κ2) is 4.87. The predicted octanol–water partition coefficient (Wildman–Crippen LogP) is -0.330. The zero-order valence-corrected chi connectivity index (χ0v) is 10.6. The van der Waals surface area contributed by atoms with Gasteiger partial charge in [0.25, 0.3) is 11.8 Å². The molecule has 2 aliphatic rings. The lowest BCUT2D eigenvalue weighted by atomic mass is 10.2. The maximum absolute atomic E-state index is 12.2. The second-order valence-corrected chi connectivity index (χ2v) is 4.60. The van der Waals surface area contributed by atoms with E-state index in [1.807, 2.05) is 0 Å². The van der Waals surface area contributed by atoms with Gasteiger partial charge in [-0.2, -0.15) is 0 Å². The molecule has 2 fully saturated rings. The largest absolute Gasteiger partial charge is 0.439 e. The highest BCUT2D eigenvalue weighted by Gasteiger charge is 2.41. The maximum atomic E-state index is 12.2. The fourth-order valence-corrected chi connectivity index (χ4v) is 2.43. The Balaban J connectivity index is 1.69. The van der Waals surface area contributed by atoms with E-state index < -0.39 is 6.09 Å². The summed E-state index contributed by atoms with van der Waals surface area (Å²) < 4.78 is 4.68. The highest BCUT2D eigenvalue weighted by molar-refractivity contribution is 5.98. The van der Waals surface area contributed by atoms with Crippen LogP contribution in [-0.2, 0) is 9.53 Å². The summed E-state index contributed by atoms with van der Waals surface area (Å²) in [6.45, 7) is 0.556. The van der Waals surface area contributed by atoms with Gasteiger partial charge in [0.1, 0.15) is 5.69 Å². The Bertz CT molecular complexity index is 546. The minimum atomic E-state index is -0.631. The summed E-state index contributed by atoms with van der Waals surface area (Å²) in [7, 11) is 0. The molecule has 0 radical (unpaired) electrons. The first-order valence-electron chi connectivity index (χ1n) is 6.21. The number of carbonyl (C=O) groups is 3. The van der Waals surface area contributed by atoms with Crippen LogP contribution in [0.15, 0.2) is 18.6 Å². The molecule has 8 nitrogen and oxygen atoms in total. The van der Waals surface area contributed by atoms with Crippen molar-refractivity contribution in [3.8, 4) is 0 Å². The van der Waals surface area contributed by atoms with Crippen molar-refractivity contribution >= 4 is 17.9 Å². The lowest BCUT2D eigenvalue weighted by molar-refractivity contribution is -0.127. The summed E-state index contributed by atoms with van der Waals surface area (Å²) >= 11 is 0. The van der Waals surface area contributed by atoms with Crippen molar-refractivity contribution in [2.24, 2.45) is 0 Å². The van der Waals surface area contributed by atoms with E-state index >= 15 is 0 Å². The van der Waals surface area contributed by atoms with E-state index in [2.05, 4.69) is 14.7 Å². The first kappa shape index (κ1) is 12.5. The number of ether oxygens (including phenoxy) is 1. The Kier molecular flexibility index (Phi) is 3.05. The molecule has 104 valence electrons. The summed E-state index contributed by atoms with van der Waals surface area (Å²) in [5, 5.41) is 0. The minimum Gasteiger partial charge on any atom is -0.439 e. The van der Waals surface area contributed by atoms with Crippen LogP contribution in [-0.4, -0.2) is 63.4 Å². The van der Waals surface area contributed by atoms with Gasteiger partial charge in [0.15, 0.2) is 6.61 Å². The summed E-state index contributed by atoms with van der Waals surface area (Å²) in [6.07, 6.45) is 4.25. The number of nitrogens with zero attached hydrogens (tertiary/aromatic N) is 4. The molecule has 20 heavy (non-hydrogen) atoms. The zero-order chi connectivity index (χ0) is 14.1. The summed E-state index contributed by atoms with van der Waals surface area (Å²) in [4.78, 5) is 45.7. The van der Waals surface area contributed by atoms with Gasteiger partial charge in [-0.15, -0.1) is 0 Å². The number of rotatable bonds is 2. The summed E-state index contributed by atoms with van der Waals surface area (Å²) in [5.41, 5.74) is 0.253. The van der Waals surface area contributed by atoms with Gasteiger partial charge in [-0.3, -0.25) is 14.6 Å². The van der Waals surface area contributed by atoms with E-state index in [4.69, 9.17) is 0 Å². The monoisotopic (exact) mass is 276 g/mol. The number of amides is 3. The molecule has 1 unspecified atom stereocenters. The van der Waals surface area contributed by atoms with Gasteiger partial charge in [-0.05, 0) is 6.42 Å². The summed E-state index contributed by atoms with van der Waals surface area (Å²) in [6, 6.07) is -0.321. The van der Waals surface area contributed by atoms with Crippen LogP contribution in [0.3, 0.4) is 0 Å². The number of hydrogen-bond donors (Lipinski definition) is 0. The average Bonchev–Trinajstić information content (AvgIpc) is 3.06. The number of aromatic nitrogens is 2. The van der Waals surface area contributed by atoms with Crippen molar-refractivity contribution in [2.75, 3.05) is 19.7 Å². The molecule has 1 aromatic heterocycles. The molecule has 3 rings (SSSR count). The second-order valence-electron chi connectivity index (χ2n) is 4.60. The van der Waals surface area contributed by atoms with Crippen molar-refractivity contribution in [1.29, 1.82) is 0 Å². The molecule has 1 atom stereocenters. The normalized spacial score (nSPS) is 22.3. The van der Waals surface area contributed by atoms with Crippen LogP contribution in [0.25, 0.3) is 0 Å². The Hall–Kier alpha value is -2.51. The van der Waals surface area contributed by atoms with E-state index in [0.29, 0.717) is 19.5 Å². The van der Waals surface area contributed by atoms with Crippen molar-refractivity contribution in [3.05, 3.63) is 24.3 Å². The molecule has 3 amide bonds. The van der Waals surface area contributed by atoms with E-state index in [9.17, 15) is 14.4 Å². The van der Waals surface area contributed by atoms with Crippen molar-refractivity contribution in [3.63, 3.8) is 0 Å². The van der Waals surface area contributed by atoms with Gasteiger partial charge in [0, 0.05) is 25.5 Å². The Labute approximate surface area is 114 Å². The minimum absolute atomic E-state index is 0.215. The Morgan fingerprint density at radius 2 is 2.20 bits per heavy atom. The lowest BCUT2D eigenvalue weighted by Gasteiger charge is -2.20. The SMILES string of the molecule is O=C(c1cnccn1)N1CCC(N2C(=O)COC2=O)C1. The van der Waals surface area contributed by atoms with Gasteiger partial charge in [-0.25, -0.2) is 14.7 Å². The van der Waals surface area contributed by atoms with Crippen molar-refractivity contribution in [2.45, 2.75) is 12.5 Å². The average molecular weight is 276 g/mol. The van der Waals surface area contributed by atoms with Crippen LogP contribution in [0.1, 0.15) is 16.9 Å². The molecule has 0 aliphatic carbocycles. The molecule has 3 heterocycles. The van der Waals surface area contributed by atoms with Gasteiger partial charge < -0.3 is 9.64 Å². The summed E-state index contributed by atoms with van der Waals surface area (Å²) in [5.74, 6) is -0.602. The smallest absolute Gasteiger partial charge is 0.417 e. The Morgan fingerprint density at radius 1 is 1.35 bits per heavy atom. The van der Waals surface area contributed by atoms with Gasteiger partial charge >= 0.3 is 6.09 Å². The van der Waals surface area contributed by atoms with Crippen molar-refractivity contribution in [1.82, 2.24) is 19.8 Å². The lowest BCUT2D eigenvalue weighted by Crippen LogP contribution is -2.42. The maximum Gasteiger partial charge on any atom is 0.417 e. The standard InChI is InChI=1S/C12H12N4O4/c17-10-7-20-12(19)16(10)8-1-4-15(6-8)11(18)9-5-13-2-3-14-9/h2-3,5,8H,1,4,6-7H2. The number of likely N-dealkylation sites (tertiary alicyclic amines) is 1. The molecule has 0 spiro atoms. The van der Waals surface area contributed by atoms with Crippen LogP contribution >= 0.6 is 0 Å². The quantitative estimate of drug-likeness (QED) is 0.734. The molecular formula is C12H12N4O4. The topological polar surface area (TPSA) is 92.7 Å². The fourth-order valence-electron chi connectivity index (χ4n) is 2.43. The van der Waals surface area contributed by atoms with Crippen LogP contribution < -0.4 is 0 Å². The van der Waals surface area contributed by atoms with Crippen LogP contribution in [0, 0.1) is 0 Å². The molecule has 2 aliphatic heterocycles. The van der Waals surface area contributed by atoms with Crippen LogP contribution in [0.2, 0.25) is 0 Å². The third-order valence-corrected chi connectivity index (χ3v) is 3.38. The Morgan fingerprint density at radius 3 is 2.85 bits per heavy atom. The van der Waals surface area contributed by atoms with Crippen LogP contribution in [0.5, 0.6) is 0 Å². The zero-order valence-electron chi connectivity index (χ0n) is 10.6. The van der Waals surface area contributed by atoms with Crippen LogP contribution in [0.4, 0.5) is 4.79 Å². The van der Waals surface area contributed by atoms with Crippen molar-refractivity contribution < 1.29 is 19.1 Å². The van der Waals surface area contributed by atoms with E-state index in [1.54, 1.807) is 4.90 Å². The molecule has 0 N–H and O–H groups in total.